The van der Waals surface area contributed by atoms with Crippen molar-refractivity contribution in [3.05, 3.63) is 35.9 Å². The molecule has 1 amide bonds. The van der Waals surface area contributed by atoms with Gasteiger partial charge < -0.3 is 5.32 Å². The smallest absolute Gasteiger partial charge is 0.222 e. The molecule has 2 aromatic rings. The molecule has 0 aliphatic carbocycles. The molecule has 1 unspecified atom stereocenters. The number of anilines is 1. The fourth-order valence-electron chi connectivity index (χ4n) is 3.52. The molecule has 0 aliphatic heterocycles. The molecule has 0 saturated carbocycles. The Morgan fingerprint density at radius 1 is 1.11 bits per heavy atom. The van der Waals surface area contributed by atoms with Crippen LogP contribution in [0.4, 0.5) is 5.82 Å². The number of benzene rings is 1. The van der Waals surface area contributed by atoms with Gasteiger partial charge in [-0.15, -0.1) is 0 Å². The quantitative estimate of drug-likeness (QED) is 0.480. The maximum atomic E-state index is 11.9. The second-order valence-electron chi connectivity index (χ2n) is 7.32. The van der Waals surface area contributed by atoms with Crippen LogP contribution >= 0.6 is 0 Å². The molecule has 0 aliphatic rings. The Kier molecular flexibility index (Phi) is 8.74. The Bertz CT molecular complexity index is 789. The Balaban J connectivity index is 2.46. The average molecular weight is 381 g/mol. The predicted molar refractivity (Wildman–Crippen MR) is 114 cm³/mol. The molecule has 1 aromatic heterocycles. The first-order valence-corrected chi connectivity index (χ1v) is 10.5. The molecule has 0 bridgehead atoms. The fourth-order valence-corrected chi connectivity index (χ4v) is 3.52. The first kappa shape index (κ1) is 21.7. The van der Waals surface area contributed by atoms with E-state index in [-0.39, 0.29) is 11.9 Å². The van der Waals surface area contributed by atoms with Gasteiger partial charge in [-0.1, -0.05) is 82.7 Å². The van der Waals surface area contributed by atoms with E-state index in [1.54, 1.807) is 0 Å². The number of nitriles is 1. The van der Waals surface area contributed by atoms with Crippen LogP contribution in [0.15, 0.2) is 30.3 Å². The van der Waals surface area contributed by atoms with E-state index >= 15 is 0 Å². The Morgan fingerprint density at radius 2 is 1.79 bits per heavy atom. The van der Waals surface area contributed by atoms with E-state index < -0.39 is 0 Å². The van der Waals surface area contributed by atoms with E-state index in [4.69, 9.17) is 5.10 Å². The van der Waals surface area contributed by atoms with Crippen molar-refractivity contribution in [3.63, 3.8) is 0 Å². The first-order valence-electron chi connectivity index (χ1n) is 10.5. The lowest BCUT2D eigenvalue weighted by Crippen LogP contribution is -2.17. The molecule has 0 fully saturated rings. The van der Waals surface area contributed by atoms with Crippen LogP contribution in [0.3, 0.4) is 0 Å². The zero-order chi connectivity index (χ0) is 20.4. The molecule has 2 rings (SSSR count). The van der Waals surface area contributed by atoms with E-state index in [2.05, 4.69) is 25.2 Å². The molecule has 1 atom stereocenters. The van der Waals surface area contributed by atoms with Crippen molar-refractivity contribution in [3.8, 4) is 17.3 Å². The SMILES string of the molecule is CCCCCCC(CCCC)n1nc(-c2ccccc2)c(C#N)c1NC(C)=O. The highest BCUT2D eigenvalue weighted by molar-refractivity contribution is 5.91. The van der Waals surface area contributed by atoms with Gasteiger partial charge in [-0.2, -0.15) is 10.4 Å². The van der Waals surface area contributed by atoms with Gasteiger partial charge in [-0.3, -0.25) is 4.79 Å². The molecule has 1 heterocycles. The Hall–Kier alpha value is -2.61. The van der Waals surface area contributed by atoms with E-state index in [1.807, 2.05) is 35.0 Å². The minimum absolute atomic E-state index is 0.183. The molecular formula is C23H32N4O. The maximum Gasteiger partial charge on any atom is 0.222 e. The van der Waals surface area contributed by atoms with Crippen molar-refractivity contribution in [2.75, 3.05) is 5.32 Å². The van der Waals surface area contributed by atoms with Crippen LogP contribution in [-0.4, -0.2) is 15.7 Å². The monoisotopic (exact) mass is 380 g/mol. The summed E-state index contributed by atoms with van der Waals surface area (Å²) < 4.78 is 1.91. The van der Waals surface area contributed by atoms with Gasteiger partial charge in [0.05, 0.1) is 6.04 Å². The van der Waals surface area contributed by atoms with Gasteiger partial charge in [0.2, 0.25) is 5.91 Å². The van der Waals surface area contributed by atoms with Crippen molar-refractivity contribution in [1.82, 2.24) is 9.78 Å². The normalized spacial score (nSPS) is 11.8. The number of rotatable bonds is 11. The van der Waals surface area contributed by atoms with Crippen LogP contribution in [0.1, 0.15) is 83.7 Å². The Morgan fingerprint density at radius 3 is 2.39 bits per heavy atom. The van der Waals surface area contributed by atoms with Crippen molar-refractivity contribution < 1.29 is 4.79 Å². The number of carbonyl (C=O) groups excluding carboxylic acids is 1. The van der Waals surface area contributed by atoms with Crippen molar-refractivity contribution in [1.29, 1.82) is 5.26 Å². The van der Waals surface area contributed by atoms with Crippen LogP contribution in [-0.2, 0) is 4.79 Å². The molecule has 0 radical (unpaired) electrons. The number of hydrogen-bond acceptors (Lipinski definition) is 3. The second-order valence-corrected chi connectivity index (χ2v) is 7.32. The summed E-state index contributed by atoms with van der Waals surface area (Å²) in [5.41, 5.74) is 1.97. The minimum atomic E-state index is -0.183. The molecule has 5 heteroatoms. The van der Waals surface area contributed by atoms with E-state index in [1.165, 1.54) is 26.2 Å². The number of unbranched alkanes of at least 4 members (excludes halogenated alkanes) is 4. The molecule has 0 saturated heterocycles. The van der Waals surface area contributed by atoms with Gasteiger partial charge in [-0.05, 0) is 12.8 Å². The van der Waals surface area contributed by atoms with Crippen molar-refractivity contribution in [2.24, 2.45) is 0 Å². The minimum Gasteiger partial charge on any atom is -0.310 e. The number of carbonyl (C=O) groups is 1. The summed E-state index contributed by atoms with van der Waals surface area (Å²) in [7, 11) is 0. The van der Waals surface area contributed by atoms with E-state index in [0.29, 0.717) is 17.1 Å². The van der Waals surface area contributed by atoms with Gasteiger partial charge in [0, 0.05) is 12.5 Å². The fraction of sp³-hybridized carbons (Fsp3) is 0.522. The van der Waals surface area contributed by atoms with Gasteiger partial charge in [-0.25, -0.2) is 4.68 Å². The molecule has 28 heavy (non-hydrogen) atoms. The molecular weight excluding hydrogens is 348 g/mol. The van der Waals surface area contributed by atoms with E-state index in [9.17, 15) is 10.1 Å². The number of aromatic nitrogens is 2. The number of nitrogens with one attached hydrogen (secondary N) is 1. The maximum absolute atomic E-state index is 11.9. The Labute approximate surface area is 168 Å². The lowest BCUT2D eigenvalue weighted by molar-refractivity contribution is -0.114. The van der Waals surface area contributed by atoms with Crippen LogP contribution < -0.4 is 5.32 Å². The zero-order valence-electron chi connectivity index (χ0n) is 17.4. The third-order valence-corrected chi connectivity index (χ3v) is 4.99. The topological polar surface area (TPSA) is 70.7 Å². The third kappa shape index (κ3) is 5.69. The molecule has 1 aromatic carbocycles. The van der Waals surface area contributed by atoms with Gasteiger partial charge in [0.1, 0.15) is 23.1 Å². The molecule has 1 N–H and O–H groups in total. The van der Waals surface area contributed by atoms with Crippen LogP contribution in [0.25, 0.3) is 11.3 Å². The predicted octanol–water partition coefficient (Wildman–Crippen LogP) is 6.08. The van der Waals surface area contributed by atoms with Gasteiger partial charge >= 0.3 is 0 Å². The third-order valence-electron chi connectivity index (χ3n) is 4.99. The highest BCUT2D eigenvalue weighted by atomic mass is 16.1. The zero-order valence-corrected chi connectivity index (χ0v) is 17.4. The summed E-state index contributed by atoms with van der Waals surface area (Å²) in [6, 6.07) is 12.2. The summed E-state index contributed by atoms with van der Waals surface area (Å²) in [5, 5.41) is 17.6. The van der Waals surface area contributed by atoms with Gasteiger partial charge in [0.15, 0.2) is 0 Å². The average Bonchev–Trinajstić information content (AvgIpc) is 3.05. The first-order chi connectivity index (χ1) is 13.6. The number of hydrogen-bond donors (Lipinski definition) is 1. The summed E-state index contributed by atoms with van der Waals surface area (Å²) in [6.07, 6.45) is 8.98. The highest BCUT2D eigenvalue weighted by Crippen LogP contribution is 2.33. The largest absolute Gasteiger partial charge is 0.310 e. The van der Waals surface area contributed by atoms with Crippen LogP contribution in [0.5, 0.6) is 0 Å². The van der Waals surface area contributed by atoms with Crippen LogP contribution in [0.2, 0.25) is 0 Å². The van der Waals surface area contributed by atoms with Crippen molar-refractivity contribution in [2.45, 2.75) is 78.2 Å². The van der Waals surface area contributed by atoms with Gasteiger partial charge in [0.25, 0.3) is 0 Å². The second kappa shape index (κ2) is 11.3. The highest BCUT2D eigenvalue weighted by Gasteiger charge is 2.24. The number of nitrogens with zero attached hydrogens (tertiary/aromatic N) is 3. The summed E-state index contributed by atoms with van der Waals surface area (Å²) >= 11 is 0. The molecule has 5 nitrogen and oxygen atoms in total. The lowest BCUT2D eigenvalue weighted by atomic mass is 10.0. The summed E-state index contributed by atoms with van der Waals surface area (Å²) in [6.45, 7) is 5.87. The standard InChI is InChI=1S/C23H32N4O/c1-4-6-8-12-16-20(15-7-5-2)27-23(25-18(3)28)21(17-24)22(26-27)19-13-10-9-11-14-19/h9-11,13-14,20H,4-8,12,15-16H2,1-3H3,(H,25,28). The molecule has 0 spiro atoms. The summed E-state index contributed by atoms with van der Waals surface area (Å²) in [5.74, 6) is 0.350. The van der Waals surface area contributed by atoms with Crippen molar-refractivity contribution >= 4 is 11.7 Å². The lowest BCUT2D eigenvalue weighted by Gasteiger charge is -2.20. The summed E-state index contributed by atoms with van der Waals surface area (Å²) in [4.78, 5) is 11.9. The number of amides is 1. The molecule has 150 valence electrons. The van der Waals surface area contributed by atoms with E-state index in [0.717, 1.165) is 37.7 Å². The van der Waals surface area contributed by atoms with Crippen LogP contribution in [0, 0.1) is 11.3 Å².